The van der Waals surface area contributed by atoms with E-state index in [0.717, 1.165) is 31.9 Å². The van der Waals surface area contributed by atoms with Gasteiger partial charge in [0, 0.05) is 49.3 Å². The fourth-order valence-corrected chi connectivity index (χ4v) is 4.16. The number of piperazine rings is 1. The summed E-state index contributed by atoms with van der Waals surface area (Å²) in [5.74, 6) is -0.585. The van der Waals surface area contributed by atoms with Crippen LogP contribution in [0.3, 0.4) is 0 Å². The molecule has 5 nitrogen and oxygen atoms in total. The maximum atomic E-state index is 13.4. The van der Waals surface area contributed by atoms with Crippen molar-refractivity contribution in [3.8, 4) is 0 Å². The summed E-state index contributed by atoms with van der Waals surface area (Å²) in [5.41, 5.74) is 5.13. The van der Waals surface area contributed by atoms with E-state index in [-0.39, 0.29) is 11.7 Å². The molecular weight excluding hydrogens is 379 g/mol. The number of anilines is 3. The molecule has 2 aromatic rings. The van der Waals surface area contributed by atoms with Gasteiger partial charge in [0.1, 0.15) is 5.82 Å². The summed E-state index contributed by atoms with van der Waals surface area (Å²) in [6.45, 7) is 9.88. The maximum Gasteiger partial charge on any atom is 0.257 e. The summed E-state index contributed by atoms with van der Waals surface area (Å²) in [4.78, 5) is 17.2. The van der Waals surface area contributed by atoms with E-state index in [4.69, 9.17) is 0 Å². The molecule has 2 aliphatic heterocycles. The normalized spacial score (nSPS) is 17.9. The zero-order chi connectivity index (χ0) is 21.1. The van der Waals surface area contributed by atoms with Crippen molar-refractivity contribution in [3.05, 3.63) is 59.5 Å². The number of fused-ring (bicyclic) bond motifs is 1. The molecular formula is C24H29FN4O. The van der Waals surface area contributed by atoms with Crippen molar-refractivity contribution in [2.45, 2.75) is 26.7 Å². The SMILES string of the molecule is CCCCN1CCN(c2ccc(NC=C3C(=O)Nc4cc(F)ccc43)cc2C)CC1. The lowest BCUT2D eigenvalue weighted by Gasteiger charge is -2.37. The number of aryl methyl sites for hydroxylation is 1. The molecule has 1 amide bonds. The van der Waals surface area contributed by atoms with Crippen LogP contribution in [-0.4, -0.2) is 43.5 Å². The van der Waals surface area contributed by atoms with Crippen LogP contribution in [0.1, 0.15) is 30.9 Å². The molecule has 0 unspecified atom stereocenters. The Hall–Kier alpha value is -2.86. The van der Waals surface area contributed by atoms with E-state index < -0.39 is 0 Å². The van der Waals surface area contributed by atoms with Crippen molar-refractivity contribution in [2.75, 3.05) is 48.3 Å². The molecule has 1 saturated heterocycles. The summed E-state index contributed by atoms with van der Waals surface area (Å²) < 4.78 is 13.4. The number of halogens is 1. The Labute approximate surface area is 177 Å². The Bertz CT molecular complexity index is 964. The summed E-state index contributed by atoms with van der Waals surface area (Å²) in [6, 6.07) is 10.6. The van der Waals surface area contributed by atoms with Crippen molar-refractivity contribution >= 4 is 28.5 Å². The molecule has 0 bridgehead atoms. The summed E-state index contributed by atoms with van der Waals surface area (Å²) in [7, 11) is 0. The van der Waals surface area contributed by atoms with Gasteiger partial charge in [-0.2, -0.15) is 0 Å². The first-order valence-electron chi connectivity index (χ1n) is 10.7. The number of benzene rings is 2. The van der Waals surface area contributed by atoms with E-state index in [2.05, 4.69) is 46.4 Å². The van der Waals surface area contributed by atoms with Gasteiger partial charge in [-0.15, -0.1) is 0 Å². The molecule has 0 spiro atoms. The number of nitrogens with zero attached hydrogens (tertiary/aromatic N) is 2. The van der Waals surface area contributed by atoms with Gasteiger partial charge in [-0.3, -0.25) is 9.69 Å². The van der Waals surface area contributed by atoms with Crippen LogP contribution in [0.25, 0.3) is 5.57 Å². The van der Waals surface area contributed by atoms with Crippen LogP contribution in [-0.2, 0) is 4.79 Å². The number of carbonyl (C=O) groups excluding carboxylic acids is 1. The van der Waals surface area contributed by atoms with Crippen LogP contribution >= 0.6 is 0 Å². The van der Waals surface area contributed by atoms with Gasteiger partial charge >= 0.3 is 0 Å². The summed E-state index contributed by atoms with van der Waals surface area (Å²) in [5, 5.41) is 5.94. The zero-order valence-electron chi connectivity index (χ0n) is 17.7. The quantitative estimate of drug-likeness (QED) is 0.693. The van der Waals surface area contributed by atoms with Gasteiger partial charge in [-0.1, -0.05) is 13.3 Å². The van der Waals surface area contributed by atoms with Gasteiger partial charge in [0.2, 0.25) is 0 Å². The highest BCUT2D eigenvalue weighted by Gasteiger charge is 2.24. The summed E-state index contributed by atoms with van der Waals surface area (Å²) >= 11 is 0. The molecule has 0 aliphatic carbocycles. The zero-order valence-corrected chi connectivity index (χ0v) is 17.7. The molecule has 2 aliphatic rings. The second-order valence-electron chi connectivity index (χ2n) is 8.03. The first kappa shape index (κ1) is 20.4. The van der Waals surface area contributed by atoms with E-state index in [1.807, 2.05) is 6.07 Å². The molecule has 0 atom stereocenters. The van der Waals surface area contributed by atoms with E-state index >= 15 is 0 Å². The number of hydrogen-bond donors (Lipinski definition) is 2. The highest BCUT2D eigenvalue weighted by Crippen LogP contribution is 2.32. The maximum absolute atomic E-state index is 13.4. The lowest BCUT2D eigenvalue weighted by molar-refractivity contribution is -0.110. The third-order valence-corrected chi connectivity index (χ3v) is 5.89. The predicted octanol–water partition coefficient (Wildman–Crippen LogP) is 4.46. The highest BCUT2D eigenvalue weighted by molar-refractivity contribution is 6.31. The molecule has 0 radical (unpaired) electrons. The number of unbranched alkanes of at least 4 members (excludes halogenated alkanes) is 1. The van der Waals surface area contributed by atoms with Crippen LogP contribution < -0.4 is 15.5 Å². The fraction of sp³-hybridized carbons (Fsp3) is 0.375. The lowest BCUT2D eigenvalue weighted by Crippen LogP contribution is -2.46. The molecule has 1 fully saturated rings. The minimum Gasteiger partial charge on any atom is -0.369 e. The van der Waals surface area contributed by atoms with E-state index in [0.29, 0.717) is 16.8 Å². The second kappa shape index (κ2) is 8.88. The molecule has 2 N–H and O–H groups in total. The van der Waals surface area contributed by atoms with E-state index in [1.54, 1.807) is 12.3 Å². The third kappa shape index (κ3) is 4.33. The van der Waals surface area contributed by atoms with Gasteiger partial charge in [-0.05, 0) is 61.9 Å². The van der Waals surface area contributed by atoms with Gasteiger partial charge in [0.05, 0.1) is 11.3 Å². The van der Waals surface area contributed by atoms with Crippen LogP contribution in [0, 0.1) is 12.7 Å². The topological polar surface area (TPSA) is 47.6 Å². The Morgan fingerprint density at radius 3 is 2.67 bits per heavy atom. The van der Waals surface area contributed by atoms with E-state index in [1.165, 1.54) is 42.8 Å². The first-order valence-corrected chi connectivity index (χ1v) is 10.7. The molecule has 2 heterocycles. The van der Waals surface area contributed by atoms with Crippen molar-refractivity contribution < 1.29 is 9.18 Å². The van der Waals surface area contributed by atoms with Crippen molar-refractivity contribution in [1.29, 1.82) is 0 Å². The average Bonchev–Trinajstić information content (AvgIpc) is 3.05. The van der Waals surface area contributed by atoms with Crippen molar-refractivity contribution in [2.24, 2.45) is 0 Å². The van der Waals surface area contributed by atoms with Gasteiger partial charge in [0.15, 0.2) is 0 Å². The Balaban J connectivity index is 1.42. The number of amides is 1. The minimum absolute atomic E-state index is 0.225. The lowest BCUT2D eigenvalue weighted by atomic mass is 10.1. The highest BCUT2D eigenvalue weighted by atomic mass is 19.1. The second-order valence-corrected chi connectivity index (χ2v) is 8.03. The molecule has 0 aromatic heterocycles. The monoisotopic (exact) mass is 408 g/mol. The summed E-state index contributed by atoms with van der Waals surface area (Å²) in [6.07, 6.45) is 4.21. The van der Waals surface area contributed by atoms with Gasteiger partial charge < -0.3 is 15.5 Å². The van der Waals surface area contributed by atoms with Crippen LogP contribution in [0.2, 0.25) is 0 Å². The number of rotatable bonds is 6. The van der Waals surface area contributed by atoms with Gasteiger partial charge in [0.25, 0.3) is 5.91 Å². The fourth-order valence-electron chi connectivity index (χ4n) is 4.16. The van der Waals surface area contributed by atoms with E-state index in [9.17, 15) is 9.18 Å². The molecule has 158 valence electrons. The number of carbonyl (C=O) groups is 1. The third-order valence-electron chi connectivity index (χ3n) is 5.89. The molecule has 4 rings (SSSR count). The smallest absolute Gasteiger partial charge is 0.257 e. The molecule has 0 saturated carbocycles. The Morgan fingerprint density at radius 1 is 1.13 bits per heavy atom. The Kier molecular flexibility index (Phi) is 6.04. The van der Waals surface area contributed by atoms with Crippen molar-refractivity contribution in [3.63, 3.8) is 0 Å². The van der Waals surface area contributed by atoms with Crippen molar-refractivity contribution in [1.82, 2.24) is 4.90 Å². The number of hydrogen-bond acceptors (Lipinski definition) is 4. The van der Waals surface area contributed by atoms with Crippen LogP contribution in [0.5, 0.6) is 0 Å². The largest absolute Gasteiger partial charge is 0.369 e. The van der Waals surface area contributed by atoms with Crippen LogP contribution in [0.4, 0.5) is 21.5 Å². The predicted molar refractivity (Wildman–Crippen MR) is 121 cm³/mol. The van der Waals surface area contributed by atoms with Gasteiger partial charge in [-0.25, -0.2) is 4.39 Å². The minimum atomic E-state index is -0.360. The average molecular weight is 409 g/mol. The number of nitrogens with one attached hydrogen (secondary N) is 2. The molecule has 30 heavy (non-hydrogen) atoms. The Morgan fingerprint density at radius 2 is 1.93 bits per heavy atom. The standard InChI is InChI=1S/C24H29FN4O/c1-3-4-9-28-10-12-29(13-11-28)23-8-6-19(14-17(23)2)26-16-21-20-7-5-18(25)15-22(20)27-24(21)30/h5-8,14-16,26H,3-4,9-13H2,1-2H3,(H,27,30). The molecule has 2 aromatic carbocycles. The first-order chi connectivity index (χ1) is 14.5. The van der Waals surface area contributed by atoms with Crippen LogP contribution in [0.15, 0.2) is 42.6 Å². The molecule has 6 heteroatoms.